The number of benzene rings is 2. The molecule has 148 valence electrons. The zero-order valence-electron chi connectivity index (χ0n) is 15.6. The second-order valence-electron chi connectivity index (χ2n) is 6.41. The van der Waals surface area contributed by atoms with E-state index < -0.39 is 11.1 Å². The van der Waals surface area contributed by atoms with Gasteiger partial charge in [-0.1, -0.05) is 41.9 Å². The van der Waals surface area contributed by atoms with Gasteiger partial charge < -0.3 is 14.7 Å². The summed E-state index contributed by atoms with van der Waals surface area (Å²) in [6, 6.07) is 19.7. The molecule has 6 nitrogen and oxygen atoms in total. The number of ether oxygens (including phenoxy) is 1. The lowest BCUT2D eigenvalue weighted by Crippen LogP contribution is -2.46. The number of pyridine rings is 1. The molecule has 4 aromatic rings. The van der Waals surface area contributed by atoms with Crippen LogP contribution >= 0.6 is 11.6 Å². The van der Waals surface area contributed by atoms with Crippen molar-refractivity contribution in [1.82, 2.24) is 15.0 Å². The van der Waals surface area contributed by atoms with Crippen molar-refractivity contribution in [3.8, 4) is 11.5 Å². The molecule has 0 bridgehead atoms. The van der Waals surface area contributed by atoms with Gasteiger partial charge in [0.15, 0.2) is 0 Å². The molecule has 0 aliphatic rings. The molecule has 0 saturated carbocycles. The number of nitrogens with zero attached hydrogens (tertiary/aromatic N) is 1. The molecule has 0 aliphatic carbocycles. The largest absolute Gasteiger partial charge is 0.456 e. The van der Waals surface area contributed by atoms with Crippen molar-refractivity contribution in [3.05, 3.63) is 121 Å². The number of aromatic nitrogens is 3. The van der Waals surface area contributed by atoms with E-state index in [1.54, 1.807) is 48.7 Å². The zero-order valence-corrected chi connectivity index (χ0v) is 16.4. The van der Waals surface area contributed by atoms with E-state index in [0.29, 0.717) is 22.2 Å². The fourth-order valence-corrected chi connectivity index (χ4v) is 2.86. The van der Waals surface area contributed by atoms with Gasteiger partial charge in [0, 0.05) is 5.02 Å². The van der Waals surface area contributed by atoms with Gasteiger partial charge in [-0.25, -0.2) is 0 Å². The molecular formula is C23H16ClN3O3. The standard InChI is InChI=1S/C23H16ClN3O3/c24-16-8-6-15(7-9-16)12-20-22(28)27-21(23(29)26-20)13-17-10-11-19(14-25-17)30-18-4-2-1-3-5-18/h1-14H,(H,26,29)(H,27,28)/b20-12+,21-13+. The van der Waals surface area contributed by atoms with E-state index in [9.17, 15) is 9.59 Å². The van der Waals surface area contributed by atoms with Crippen LogP contribution < -0.4 is 26.6 Å². The molecule has 0 amide bonds. The Labute approximate surface area is 175 Å². The highest BCUT2D eigenvalue weighted by molar-refractivity contribution is 6.30. The number of aromatic amines is 2. The second kappa shape index (κ2) is 8.63. The van der Waals surface area contributed by atoms with Crippen LogP contribution in [-0.4, -0.2) is 15.0 Å². The number of hydrogen-bond donors (Lipinski definition) is 2. The first-order valence-electron chi connectivity index (χ1n) is 9.07. The van der Waals surface area contributed by atoms with Crippen molar-refractivity contribution in [2.45, 2.75) is 0 Å². The van der Waals surface area contributed by atoms with Crippen molar-refractivity contribution in [3.63, 3.8) is 0 Å². The lowest BCUT2D eigenvalue weighted by Gasteiger charge is -2.04. The van der Waals surface area contributed by atoms with Crippen LogP contribution in [0.2, 0.25) is 5.02 Å². The molecule has 0 fully saturated rings. The predicted octanol–water partition coefficient (Wildman–Crippen LogP) is 2.56. The molecular weight excluding hydrogens is 402 g/mol. The van der Waals surface area contributed by atoms with Crippen LogP contribution in [0.25, 0.3) is 12.2 Å². The Morgan fingerprint density at radius 2 is 1.43 bits per heavy atom. The second-order valence-corrected chi connectivity index (χ2v) is 6.85. The topological polar surface area (TPSA) is 87.8 Å². The van der Waals surface area contributed by atoms with Crippen LogP contribution in [0.5, 0.6) is 11.5 Å². The van der Waals surface area contributed by atoms with E-state index >= 15 is 0 Å². The van der Waals surface area contributed by atoms with Crippen LogP contribution in [0.15, 0.2) is 82.5 Å². The number of rotatable bonds is 4. The van der Waals surface area contributed by atoms with Gasteiger partial charge in [0.05, 0.1) is 11.9 Å². The molecule has 0 unspecified atom stereocenters. The van der Waals surface area contributed by atoms with E-state index in [4.69, 9.17) is 16.3 Å². The molecule has 7 heteroatoms. The van der Waals surface area contributed by atoms with Gasteiger partial charge in [0.1, 0.15) is 22.2 Å². The SMILES string of the molecule is O=c1[nH]/c(=C/c2ccc(Oc3ccccc3)cn2)c(=O)[nH]/c1=C/c1ccc(Cl)cc1. The molecule has 0 radical (unpaired) electrons. The molecule has 0 saturated heterocycles. The van der Waals surface area contributed by atoms with Crippen LogP contribution in [0, 0.1) is 0 Å². The smallest absolute Gasteiger partial charge is 0.272 e. The summed E-state index contributed by atoms with van der Waals surface area (Å²) in [4.78, 5) is 34.2. The highest BCUT2D eigenvalue weighted by atomic mass is 35.5. The molecule has 0 aliphatic heterocycles. The monoisotopic (exact) mass is 417 g/mol. The Morgan fingerprint density at radius 1 is 0.767 bits per heavy atom. The molecule has 2 heterocycles. The summed E-state index contributed by atoms with van der Waals surface area (Å²) < 4.78 is 5.69. The lowest BCUT2D eigenvalue weighted by molar-refractivity contribution is 0.480. The highest BCUT2D eigenvalue weighted by Crippen LogP contribution is 2.19. The fraction of sp³-hybridized carbons (Fsp3) is 0. The third kappa shape index (κ3) is 4.74. The van der Waals surface area contributed by atoms with E-state index in [1.165, 1.54) is 6.08 Å². The number of para-hydroxylation sites is 1. The van der Waals surface area contributed by atoms with Gasteiger partial charge in [0.2, 0.25) is 0 Å². The minimum absolute atomic E-state index is 0.109. The summed E-state index contributed by atoms with van der Waals surface area (Å²) in [6.07, 6.45) is 4.63. The van der Waals surface area contributed by atoms with Crippen molar-refractivity contribution < 1.29 is 4.74 Å². The number of nitrogens with one attached hydrogen (secondary N) is 2. The Hall–Kier alpha value is -3.90. The summed E-state index contributed by atoms with van der Waals surface area (Å²) in [6.45, 7) is 0. The van der Waals surface area contributed by atoms with E-state index in [1.807, 2.05) is 30.3 Å². The molecule has 0 spiro atoms. The third-order valence-electron chi connectivity index (χ3n) is 4.20. The molecule has 4 rings (SSSR count). The first-order chi connectivity index (χ1) is 14.6. The summed E-state index contributed by atoms with van der Waals surface area (Å²) in [7, 11) is 0. The summed E-state index contributed by atoms with van der Waals surface area (Å²) in [5.41, 5.74) is 0.403. The maximum absolute atomic E-state index is 12.4. The number of halogens is 1. The van der Waals surface area contributed by atoms with Crippen molar-refractivity contribution in [2.24, 2.45) is 0 Å². The first-order valence-corrected chi connectivity index (χ1v) is 9.45. The van der Waals surface area contributed by atoms with E-state index in [0.717, 1.165) is 5.56 Å². The average molecular weight is 418 g/mol. The Morgan fingerprint density at radius 3 is 2.07 bits per heavy atom. The van der Waals surface area contributed by atoms with E-state index in [-0.39, 0.29) is 10.7 Å². The normalized spacial score (nSPS) is 12.2. The van der Waals surface area contributed by atoms with Gasteiger partial charge in [0.25, 0.3) is 11.1 Å². The Kier molecular flexibility index (Phi) is 5.59. The number of hydrogen-bond acceptors (Lipinski definition) is 4. The molecule has 2 N–H and O–H groups in total. The molecule has 2 aromatic heterocycles. The van der Waals surface area contributed by atoms with Gasteiger partial charge >= 0.3 is 0 Å². The van der Waals surface area contributed by atoms with Crippen molar-refractivity contribution in [1.29, 1.82) is 0 Å². The molecule has 2 aromatic carbocycles. The fourth-order valence-electron chi connectivity index (χ4n) is 2.73. The van der Waals surface area contributed by atoms with E-state index in [2.05, 4.69) is 15.0 Å². The van der Waals surface area contributed by atoms with Crippen molar-refractivity contribution in [2.75, 3.05) is 0 Å². The van der Waals surface area contributed by atoms with Gasteiger partial charge in [-0.2, -0.15) is 0 Å². The zero-order chi connectivity index (χ0) is 20.9. The van der Waals surface area contributed by atoms with Gasteiger partial charge in [-0.15, -0.1) is 0 Å². The molecule has 0 atom stereocenters. The summed E-state index contributed by atoms with van der Waals surface area (Å²) >= 11 is 5.86. The molecule has 30 heavy (non-hydrogen) atoms. The summed E-state index contributed by atoms with van der Waals surface area (Å²) in [5, 5.41) is 0.851. The Balaban J connectivity index is 1.62. The Bertz CT molecular complexity index is 1390. The maximum atomic E-state index is 12.4. The third-order valence-corrected chi connectivity index (χ3v) is 4.45. The highest BCUT2D eigenvalue weighted by Gasteiger charge is 2.00. The number of H-pyrrole nitrogens is 2. The minimum atomic E-state index is -0.429. The van der Waals surface area contributed by atoms with Crippen LogP contribution in [-0.2, 0) is 0 Å². The van der Waals surface area contributed by atoms with Crippen LogP contribution in [0.4, 0.5) is 0 Å². The average Bonchev–Trinajstić information content (AvgIpc) is 2.75. The summed E-state index contributed by atoms with van der Waals surface area (Å²) in [5.74, 6) is 1.26. The van der Waals surface area contributed by atoms with Crippen molar-refractivity contribution >= 4 is 23.8 Å². The first kappa shape index (κ1) is 19.4. The maximum Gasteiger partial charge on any atom is 0.272 e. The van der Waals surface area contributed by atoms with Crippen LogP contribution in [0.1, 0.15) is 11.3 Å². The quantitative estimate of drug-likeness (QED) is 0.534. The lowest BCUT2D eigenvalue weighted by atomic mass is 10.2. The van der Waals surface area contributed by atoms with Gasteiger partial charge in [-0.05, 0) is 54.1 Å². The van der Waals surface area contributed by atoms with Gasteiger partial charge in [-0.3, -0.25) is 14.6 Å². The predicted molar refractivity (Wildman–Crippen MR) is 116 cm³/mol. The minimum Gasteiger partial charge on any atom is -0.456 e. The van der Waals surface area contributed by atoms with Crippen LogP contribution in [0.3, 0.4) is 0 Å².